The molecule has 4 nitrogen and oxygen atoms in total. The first-order chi connectivity index (χ1) is 32.7. The van der Waals surface area contributed by atoms with Gasteiger partial charge in [-0.05, 0) is 124 Å². The summed E-state index contributed by atoms with van der Waals surface area (Å²) in [5.74, 6) is 0. The van der Waals surface area contributed by atoms with Gasteiger partial charge in [0.15, 0.2) is 0 Å². The molecule has 4 heteroatoms. The SMILES string of the molecule is c1ccc(-c2cccc(-c3ccc4c(c3)c3cc(-c5ccc(N(c6ccccc6)c6ccc(-c7nc8ccccc8nc7-c7ccccc7)cc6)cc5)ccc3n4-c3ccccc3)c2)cc1. The number of anilines is 3. The molecule has 0 aliphatic heterocycles. The second kappa shape index (κ2) is 16.7. The molecule has 0 amide bonds. The Labute approximate surface area is 384 Å². The lowest BCUT2D eigenvalue weighted by molar-refractivity contribution is 1.18. The molecular weight excluding hydrogens is 801 g/mol. The Balaban J connectivity index is 0.921. The molecule has 310 valence electrons. The van der Waals surface area contributed by atoms with E-state index in [1.54, 1.807) is 0 Å². The summed E-state index contributed by atoms with van der Waals surface area (Å²) < 4.78 is 2.39. The lowest BCUT2D eigenvalue weighted by Gasteiger charge is -2.26. The first-order valence-electron chi connectivity index (χ1n) is 22.4. The first kappa shape index (κ1) is 38.8. The van der Waals surface area contributed by atoms with Gasteiger partial charge >= 0.3 is 0 Å². The van der Waals surface area contributed by atoms with Crippen LogP contribution in [0, 0.1) is 0 Å². The van der Waals surface area contributed by atoms with Crippen LogP contribution in [-0.2, 0) is 0 Å². The highest BCUT2D eigenvalue weighted by atomic mass is 15.1. The normalized spacial score (nSPS) is 11.3. The molecule has 0 spiro atoms. The molecule has 10 aromatic carbocycles. The van der Waals surface area contributed by atoms with E-state index in [0.29, 0.717) is 0 Å². The number of rotatable bonds is 9. The van der Waals surface area contributed by atoms with Crippen molar-refractivity contribution < 1.29 is 0 Å². The molecule has 12 rings (SSSR count). The van der Waals surface area contributed by atoms with E-state index in [2.05, 4.69) is 222 Å². The smallest absolute Gasteiger partial charge is 0.0973 e. The van der Waals surface area contributed by atoms with Gasteiger partial charge in [0.05, 0.1) is 33.5 Å². The highest BCUT2D eigenvalue weighted by molar-refractivity contribution is 6.11. The summed E-state index contributed by atoms with van der Waals surface area (Å²) in [4.78, 5) is 12.6. The van der Waals surface area contributed by atoms with Crippen LogP contribution in [0.25, 0.3) is 94.4 Å². The van der Waals surface area contributed by atoms with Crippen LogP contribution in [-0.4, -0.2) is 14.5 Å². The van der Waals surface area contributed by atoms with Crippen LogP contribution in [0.4, 0.5) is 17.1 Å². The number of hydrogen-bond acceptors (Lipinski definition) is 3. The number of hydrogen-bond donors (Lipinski definition) is 0. The topological polar surface area (TPSA) is 34.0 Å². The zero-order chi connectivity index (χ0) is 43.8. The van der Waals surface area contributed by atoms with E-state index >= 15 is 0 Å². The van der Waals surface area contributed by atoms with Crippen LogP contribution in [0.1, 0.15) is 0 Å². The van der Waals surface area contributed by atoms with E-state index in [4.69, 9.17) is 9.97 Å². The molecular formula is C62H42N4. The second-order valence-corrected chi connectivity index (χ2v) is 16.6. The molecule has 0 atom stereocenters. The van der Waals surface area contributed by atoms with Gasteiger partial charge < -0.3 is 9.47 Å². The summed E-state index contributed by atoms with van der Waals surface area (Å²) in [6.07, 6.45) is 0. The standard InChI is InChI=1S/C62H42N4/c1-5-16-43(17-6-1)47-20-15-21-48(40-47)50-33-39-60-56(42-50)55-41-49(32-38-59(55)66(60)52-24-11-4-12-25-52)44-28-34-53(35-29-44)65(51-22-9-3-10-23-51)54-36-30-46(31-37-54)62-61(45-18-7-2-8-19-45)63-57-26-13-14-27-58(57)64-62/h1-42H. The number of nitrogens with zero attached hydrogens (tertiary/aromatic N) is 4. The Morgan fingerprint density at radius 2 is 0.636 bits per heavy atom. The number of benzene rings is 10. The zero-order valence-corrected chi connectivity index (χ0v) is 36.0. The molecule has 0 N–H and O–H groups in total. The van der Waals surface area contributed by atoms with Crippen LogP contribution in [0.15, 0.2) is 255 Å². The quantitative estimate of drug-likeness (QED) is 0.145. The molecule has 0 bridgehead atoms. The van der Waals surface area contributed by atoms with E-state index in [-0.39, 0.29) is 0 Å². The molecule has 0 radical (unpaired) electrons. The summed E-state index contributed by atoms with van der Waals surface area (Å²) in [5, 5.41) is 2.44. The molecule has 66 heavy (non-hydrogen) atoms. The summed E-state index contributed by atoms with van der Waals surface area (Å²) in [7, 11) is 0. The van der Waals surface area contributed by atoms with Gasteiger partial charge in [-0.3, -0.25) is 0 Å². The average Bonchev–Trinajstić information content (AvgIpc) is 3.73. The van der Waals surface area contributed by atoms with Gasteiger partial charge in [0.1, 0.15) is 0 Å². The van der Waals surface area contributed by atoms with E-state index in [1.165, 1.54) is 49.6 Å². The Kier molecular flexibility index (Phi) is 9.81. The van der Waals surface area contributed by atoms with Crippen molar-refractivity contribution >= 4 is 49.9 Å². The fourth-order valence-electron chi connectivity index (χ4n) is 9.34. The molecule has 0 fully saturated rings. The molecule has 0 unspecified atom stereocenters. The molecule has 12 aromatic rings. The molecule has 0 aliphatic carbocycles. The minimum absolute atomic E-state index is 0.861. The van der Waals surface area contributed by atoms with Crippen LogP contribution in [0.2, 0.25) is 0 Å². The monoisotopic (exact) mass is 842 g/mol. The maximum atomic E-state index is 5.16. The maximum Gasteiger partial charge on any atom is 0.0973 e. The van der Waals surface area contributed by atoms with Gasteiger partial charge in [-0.2, -0.15) is 0 Å². The predicted molar refractivity (Wildman–Crippen MR) is 276 cm³/mol. The lowest BCUT2D eigenvalue weighted by Crippen LogP contribution is -2.09. The van der Waals surface area contributed by atoms with E-state index < -0.39 is 0 Å². The van der Waals surface area contributed by atoms with E-state index in [9.17, 15) is 0 Å². The third-order valence-electron chi connectivity index (χ3n) is 12.6. The summed E-state index contributed by atoms with van der Waals surface area (Å²) in [6, 6.07) is 90.6. The fraction of sp³-hybridized carbons (Fsp3) is 0. The minimum atomic E-state index is 0.861. The Morgan fingerprint density at radius 1 is 0.273 bits per heavy atom. The average molecular weight is 843 g/mol. The second-order valence-electron chi connectivity index (χ2n) is 16.6. The van der Waals surface area contributed by atoms with Crippen LogP contribution in [0.5, 0.6) is 0 Å². The summed E-state index contributed by atoms with van der Waals surface area (Å²) in [5.41, 5.74) is 19.4. The van der Waals surface area contributed by atoms with Gasteiger partial charge in [0.25, 0.3) is 0 Å². The molecule has 2 aromatic heterocycles. The van der Waals surface area contributed by atoms with Gasteiger partial charge in [-0.15, -0.1) is 0 Å². The minimum Gasteiger partial charge on any atom is -0.311 e. The fourth-order valence-corrected chi connectivity index (χ4v) is 9.34. The van der Waals surface area contributed by atoms with Crippen LogP contribution >= 0.6 is 0 Å². The van der Waals surface area contributed by atoms with Gasteiger partial charge in [0, 0.05) is 44.6 Å². The van der Waals surface area contributed by atoms with Gasteiger partial charge in [0.2, 0.25) is 0 Å². The summed E-state index contributed by atoms with van der Waals surface area (Å²) in [6.45, 7) is 0. The number of para-hydroxylation sites is 4. The van der Waals surface area contributed by atoms with E-state index in [0.717, 1.165) is 61.9 Å². The maximum absolute atomic E-state index is 5.16. The van der Waals surface area contributed by atoms with Gasteiger partial charge in [-0.25, -0.2) is 9.97 Å². The molecule has 0 aliphatic rings. The van der Waals surface area contributed by atoms with Gasteiger partial charge in [-0.1, -0.05) is 164 Å². The van der Waals surface area contributed by atoms with E-state index in [1.807, 2.05) is 42.5 Å². The molecule has 2 heterocycles. The van der Waals surface area contributed by atoms with Crippen LogP contribution < -0.4 is 4.90 Å². The first-order valence-corrected chi connectivity index (χ1v) is 22.4. The third kappa shape index (κ3) is 7.17. The molecule has 0 saturated heterocycles. The lowest BCUT2D eigenvalue weighted by atomic mass is 9.97. The number of aromatic nitrogens is 3. The number of fused-ring (bicyclic) bond motifs is 4. The van der Waals surface area contributed by atoms with Crippen molar-refractivity contribution in [3.8, 4) is 61.6 Å². The largest absolute Gasteiger partial charge is 0.311 e. The van der Waals surface area contributed by atoms with Crippen molar-refractivity contribution in [1.29, 1.82) is 0 Å². The highest BCUT2D eigenvalue weighted by Gasteiger charge is 2.18. The van der Waals surface area contributed by atoms with Crippen molar-refractivity contribution in [2.75, 3.05) is 4.90 Å². The van der Waals surface area contributed by atoms with Crippen molar-refractivity contribution in [1.82, 2.24) is 14.5 Å². The van der Waals surface area contributed by atoms with Crippen molar-refractivity contribution in [2.45, 2.75) is 0 Å². The zero-order valence-electron chi connectivity index (χ0n) is 36.0. The van der Waals surface area contributed by atoms with Crippen molar-refractivity contribution in [2.24, 2.45) is 0 Å². The van der Waals surface area contributed by atoms with Crippen molar-refractivity contribution in [3.63, 3.8) is 0 Å². The van der Waals surface area contributed by atoms with Crippen LogP contribution in [0.3, 0.4) is 0 Å². The Hall–Kier alpha value is -8.86. The Bertz CT molecular complexity index is 3660. The summed E-state index contributed by atoms with van der Waals surface area (Å²) >= 11 is 0. The van der Waals surface area contributed by atoms with Crippen molar-refractivity contribution in [3.05, 3.63) is 255 Å². The predicted octanol–water partition coefficient (Wildman–Crippen LogP) is 16.5. The Morgan fingerprint density at radius 3 is 1.20 bits per heavy atom. The molecule has 0 saturated carbocycles. The third-order valence-corrected chi connectivity index (χ3v) is 12.6. The highest BCUT2D eigenvalue weighted by Crippen LogP contribution is 2.41.